The average Bonchev–Trinajstić information content (AvgIpc) is 2.99. The van der Waals surface area contributed by atoms with E-state index in [1.54, 1.807) is 0 Å². The van der Waals surface area contributed by atoms with Crippen LogP contribution in [0.5, 0.6) is 5.75 Å². The second-order valence-corrected chi connectivity index (χ2v) is 8.28. The van der Waals surface area contributed by atoms with E-state index in [0.29, 0.717) is 18.8 Å². The number of rotatable bonds is 4. The molecule has 30 heavy (non-hydrogen) atoms. The van der Waals surface area contributed by atoms with E-state index >= 15 is 0 Å². The van der Waals surface area contributed by atoms with Gasteiger partial charge in [0.05, 0.1) is 12.3 Å². The van der Waals surface area contributed by atoms with Crippen LogP contribution in [-0.4, -0.2) is 28.8 Å². The highest BCUT2D eigenvalue weighted by atomic mass is 16.5. The number of nitrogens with zero attached hydrogens (tertiary/aromatic N) is 2. The SMILES string of the molecule is O=C(NCC1COc2ccccc2C1)c1nn(-c2ccccc2)c2c1CCCCC2. The standard InChI is InChI=1S/C25H27N3O2/c29-25(26-16-18-15-19-9-7-8-14-23(19)30-17-18)24-21-12-5-2-6-13-22(21)28(27-24)20-10-3-1-4-11-20/h1,3-4,7-11,14,18H,2,5-6,12-13,15-17H2,(H,26,29). The molecule has 0 radical (unpaired) electrons. The van der Waals surface area contributed by atoms with Crippen molar-refractivity contribution in [3.8, 4) is 11.4 Å². The maximum Gasteiger partial charge on any atom is 0.272 e. The largest absolute Gasteiger partial charge is 0.493 e. The number of carbonyl (C=O) groups excluding carboxylic acids is 1. The van der Waals surface area contributed by atoms with E-state index in [1.165, 1.54) is 17.7 Å². The predicted molar refractivity (Wildman–Crippen MR) is 116 cm³/mol. The molecule has 154 valence electrons. The minimum atomic E-state index is -0.0679. The first-order chi connectivity index (χ1) is 14.8. The van der Waals surface area contributed by atoms with Crippen LogP contribution in [0.4, 0.5) is 0 Å². The zero-order chi connectivity index (χ0) is 20.3. The number of aromatic nitrogens is 2. The molecule has 5 rings (SSSR count). The Morgan fingerprint density at radius 1 is 1.03 bits per heavy atom. The quantitative estimate of drug-likeness (QED) is 0.669. The summed E-state index contributed by atoms with van der Waals surface area (Å²) in [5.74, 6) is 1.17. The van der Waals surface area contributed by atoms with Crippen molar-refractivity contribution < 1.29 is 9.53 Å². The summed E-state index contributed by atoms with van der Waals surface area (Å²) in [5.41, 5.74) is 5.14. The van der Waals surface area contributed by atoms with Gasteiger partial charge in [-0.05, 0) is 55.9 Å². The molecule has 5 nitrogen and oxygen atoms in total. The van der Waals surface area contributed by atoms with E-state index in [0.717, 1.165) is 49.1 Å². The van der Waals surface area contributed by atoms with Gasteiger partial charge in [-0.15, -0.1) is 0 Å². The molecule has 5 heteroatoms. The van der Waals surface area contributed by atoms with Gasteiger partial charge in [-0.3, -0.25) is 4.79 Å². The molecule has 1 aliphatic carbocycles. The van der Waals surface area contributed by atoms with Gasteiger partial charge in [-0.1, -0.05) is 42.8 Å². The molecule has 1 aromatic heterocycles. The second kappa shape index (κ2) is 8.34. The zero-order valence-electron chi connectivity index (χ0n) is 17.1. The monoisotopic (exact) mass is 401 g/mol. The molecule has 0 saturated heterocycles. The summed E-state index contributed by atoms with van der Waals surface area (Å²) in [6, 6.07) is 18.3. The van der Waals surface area contributed by atoms with Gasteiger partial charge in [0.25, 0.3) is 5.91 Å². The van der Waals surface area contributed by atoms with E-state index in [-0.39, 0.29) is 11.8 Å². The third-order valence-corrected chi connectivity index (χ3v) is 6.15. The molecule has 0 fully saturated rings. The lowest BCUT2D eigenvalue weighted by Gasteiger charge is -2.25. The average molecular weight is 402 g/mol. The number of nitrogens with one attached hydrogen (secondary N) is 1. The van der Waals surface area contributed by atoms with Gasteiger partial charge in [0.15, 0.2) is 5.69 Å². The van der Waals surface area contributed by atoms with Crippen molar-refractivity contribution in [2.24, 2.45) is 5.92 Å². The summed E-state index contributed by atoms with van der Waals surface area (Å²) in [6.45, 7) is 1.23. The van der Waals surface area contributed by atoms with Crippen molar-refractivity contribution >= 4 is 5.91 Å². The predicted octanol–water partition coefficient (Wildman–Crippen LogP) is 4.12. The Morgan fingerprint density at radius 3 is 2.73 bits per heavy atom. The van der Waals surface area contributed by atoms with Crippen LogP contribution in [0.25, 0.3) is 5.69 Å². The van der Waals surface area contributed by atoms with Gasteiger partial charge in [0.2, 0.25) is 0 Å². The highest BCUT2D eigenvalue weighted by Gasteiger charge is 2.26. The van der Waals surface area contributed by atoms with Crippen LogP contribution < -0.4 is 10.1 Å². The summed E-state index contributed by atoms with van der Waals surface area (Å²) in [7, 11) is 0. The molecule has 2 aromatic carbocycles. The molecule has 0 bridgehead atoms. The number of hydrogen-bond donors (Lipinski definition) is 1. The maximum atomic E-state index is 13.1. The molecular weight excluding hydrogens is 374 g/mol. The molecule has 1 amide bonds. The maximum absolute atomic E-state index is 13.1. The lowest BCUT2D eigenvalue weighted by molar-refractivity contribution is 0.0932. The van der Waals surface area contributed by atoms with Crippen LogP contribution in [0.1, 0.15) is 46.6 Å². The summed E-state index contributed by atoms with van der Waals surface area (Å²) in [5, 5.41) is 7.92. The van der Waals surface area contributed by atoms with E-state index in [4.69, 9.17) is 9.84 Å². The number of para-hydroxylation sites is 2. The molecule has 1 atom stereocenters. The number of ether oxygens (including phenoxy) is 1. The summed E-state index contributed by atoms with van der Waals surface area (Å²) in [6.07, 6.45) is 6.27. The second-order valence-electron chi connectivity index (χ2n) is 8.28. The van der Waals surface area contributed by atoms with Crippen molar-refractivity contribution in [1.82, 2.24) is 15.1 Å². The fourth-order valence-electron chi connectivity index (χ4n) is 4.58. The third kappa shape index (κ3) is 3.72. The molecule has 2 aliphatic rings. The minimum absolute atomic E-state index is 0.0679. The highest BCUT2D eigenvalue weighted by molar-refractivity contribution is 5.94. The highest BCUT2D eigenvalue weighted by Crippen LogP contribution is 2.28. The lowest BCUT2D eigenvalue weighted by Crippen LogP contribution is -2.35. The Morgan fingerprint density at radius 2 is 1.83 bits per heavy atom. The van der Waals surface area contributed by atoms with E-state index < -0.39 is 0 Å². The van der Waals surface area contributed by atoms with Crippen molar-refractivity contribution in [3.63, 3.8) is 0 Å². The van der Waals surface area contributed by atoms with Crippen LogP contribution in [-0.2, 0) is 19.3 Å². The summed E-state index contributed by atoms with van der Waals surface area (Å²) in [4.78, 5) is 13.1. The van der Waals surface area contributed by atoms with Gasteiger partial charge >= 0.3 is 0 Å². The number of hydrogen-bond acceptors (Lipinski definition) is 3. The minimum Gasteiger partial charge on any atom is -0.493 e. The van der Waals surface area contributed by atoms with Crippen LogP contribution in [0, 0.1) is 5.92 Å². The van der Waals surface area contributed by atoms with E-state index in [1.807, 2.05) is 41.1 Å². The molecule has 0 saturated carbocycles. The number of fused-ring (bicyclic) bond motifs is 2. The molecule has 2 heterocycles. The van der Waals surface area contributed by atoms with Crippen LogP contribution in [0.2, 0.25) is 0 Å². The Bertz CT molecular complexity index is 1040. The van der Waals surface area contributed by atoms with Gasteiger partial charge in [-0.25, -0.2) is 4.68 Å². The van der Waals surface area contributed by atoms with Gasteiger partial charge in [0, 0.05) is 23.7 Å². The third-order valence-electron chi connectivity index (χ3n) is 6.15. The van der Waals surface area contributed by atoms with Crippen LogP contribution in [0.15, 0.2) is 54.6 Å². The summed E-state index contributed by atoms with van der Waals surface area (Å²) >= 11 is 0. The Labute approximate surface area is 177 Å². The van der Waals surface area contributed by atoms with E-state index in [9.17, 15) is 4.79 Å². The normalized spacial score (nSPS) is 17.9. The molecule has 1 unspecified atom stereocenters. The van der Waals surface area contributed by atoms with Crippen molar-refractivity contribution in [2.45, 2.75) is 38.5 Å². The molecular formula is C25H27N3O2. The van der Waals surface area contributed by atoms with E-state index in [2.05, 4.69) is 23.5 Å². The van der Waals surface area contributed by atoms with Gasteiger partial charge < -0.3 is 10.1 Å². The molecule has 1 N–H and O–H groups in total. The topological polar surface area (TPSA) is 56.1 Å². The zero-order valence-corrected chi connectivity index (χ0v) is 17.1. The lowest BCUT2D eigenvalue weighted by atomic mass is 9.96. The summed E-state index contributed by atoms with van der Waals surface area (Å²) < 4.78 is 7.85. The van der Waals surface area contributed by atoms with Crippen molar-refractivity contribution in [3.05, 3.63) is 77.1 Å². The van der Waals surface area contributed by atoms with Crippen LogP contribution >= 0.6 is 0 Å². The fraction of sp³-hybridized carbons (Fsp3) is 0.360. The fourth-order valence-corrected chi connectivity index (χ4v) is 4.58. The Balaban J connectivity index is 1.35. The van der Waals surface area contributed by atoms with Crippen LogP contribution in [0.3, 0.4) is 0 Å². The molecule has 0 spiro atoms. The van der Waals surface area contributed by atoms with Crippen molar-refractivity contribution in [1.29, 1.82) is 0 Å². The van der Waals surface area contributed by atoms with Crippen molar-refractivity contribution in [2.75, 3.05) is 13.2 Å². The Kier molecular flexibility index (Phi) is 5.26. The first-order valence-electron chi connectivity index (χ1n) is 10.9. The first-order valence-corrected chi connectivity index (χ1v) is 10.9. The number of carbonyl (C=O) groups is 1. The van der Waals surface area contributed by atoms with Gasteiger partial charge in [-0.2, -0.15) is 5.10 Å². The smallest absolute Gasteiger partial charge is 0.272 e. The van der Waals surface area contributed by atoms with Gasteiger partial charge in [0.1, 0.15) is 5.75 Å². The molecule has 1 aliphatic heterocycles. The number of benzene rings is 2. The molecule has 3 aromatic rings. The Hall–Kier alpha value is -3.08. The number of amides is 1. The first kappa shape index (κ1) is 18.9.